The van der Waals surface area contributed by atoms with Crippen molar-refractivity contribution in [1.29, 1.82) is 0 Å². The molecule has 2 rings (SSSR count). The molecule has 1 aromatic heterocycles. The van der Waals surface area contributed by atoms with Gasteiger partial charge in [-0.15, -0.1) is 0 Å². The third kappa shape index (κ3) is 3.43. The summed E-state index contributed by atoms with van der Waals surface area (Å²) in [6, 6.07) is 0. The first kappa shape index (κ1) is 16.8. The van der Waals surface area contributed by atoms with Gasteiger partial charge >= 0.3 is 0 Å². The van der Waals surface area contributed by atoms with Crippen molar-refractivity contribution in [3.8, 4) is 0 Å². The summed E-state index contributed by atoms with van der Waals surface area (Å²) in [6.07, 6.45) is 7.28. The summed E-state index contributed by atoms with van der Waals surface area (Å²) in [7, 11) is 3.61. The van der Waals surface area contributed by atoms with Crippen molar-refractivity contribution >= 4 is 11.6 Å². The van der Waals surface area contributed by atoms with E-state index in [0.717, 1.165) is 43.5 Å². The van der Waals surface area contributed by atoms with E-state index < -0.39 is 11.7 Å². The Hall–Kier alpha value is -0.580. The predicted octanol–water partition coefficient (Wildman–Crippen LogP) is 3.28. The molecule has 0 radical (unpaired) electrons. The fraction of sp³-hybridized carbons (Fsp3) is 0.812. The van der Waals surface area contributed by atoms with E-state index in [-0.39, 0.29) is 0 Å². The van der Waals surface area contributed by atoms with E-state index in [1.54, 1.807) is 11.8 Å². The quantitative estimate of drug-likeness (QED) is 0.848. The lowest BCUT2D eigenvalue weighted by molar-refractivity contribution is -0.111. The topological polar surface area (TPSA) is 47.3 Å². The number of halogens is 1. The molecular weight excluding hydrogens is 288 g/mol. The summed E-state index contributed by atoms with van der Waals surface area (Å²) in [5.74, 6) is 0. The van der Waals surface area contributed by atoms with Crippen molar-refractivity contribution in [1.82, 2.24) is 9.78 Å². The van der Waals surface area contributed by atoms with Crippen LogP contribution in [0.15, 0.2) is 0 Å². The number of nitrogens with zero attached hydrogens (tertiary/aromatic N) is 2. The molecule has 0 saturated heterocycles. The molecular formula is C16H27ClN2O2. The minimum absolute atomic E-state index is 0.434. The lowest BCUT2D eigenvalue weighted by Gasteiger charge is -2.36. The molecule has 1 aliphatic carbocycles. The highest BCUT2D eigenvalue weighted by Crippen LogP contribution is 2.35. The standard InChI is InChI=1S/C16H27ClN2O2/c1-4-12-15(17)13(19(2)18-12)11-14(20)16(21-3)9-7-5-6-8-10-16/h14,20H,4-11H2,1-3H3. The van der Waals surface area contributed by atoms with Crippen molar-refractivity contribution in [2.45, 2.75) is 70.0 Å². The molecule has 4 nitrogen and oxygen atoms in total. The first-order valence-corrected chi connectivity index (χ1v) is 8.35. The summed E-state index contributed by atoms with van der Waals surface area (Å²) < 4.78 is 7.58. The van der Waals surface area contributed by atoms with E-state index in [1.165, 1.54) is 12.8 Å². The van der Waals surface area contributed by atoms with Crippen molar-refractivity contribution in [3.05, 3.63) is 16.4 Å². The van der Waals surface area contributed by atoms with Crippen molar-refractivity contribution < 1.29 is 9.84 Å². The van der Waals surface area contributed by atoms with E-state index >= 15 is 0 Å². The van der Waals surface area contributed by atoms with Crippen LogP contribution in [-0.4, -0.2) is 33.7 Å². The second-order valence-electron chi connectivity index (χ2n) is 6.09. The zero-order valence-corrected chi connectivity index (χ0v) is 14.1. The van der Waals surface area contributed by atoms with E-state index in [2.05, 4.69) is 5.10 Å². The largest absolute Gasteiger partial charge is 0.390 e. The summed E-state index contributed by atoms with van der Waals surface area (Å²) in [5.41, 5.74) is 1.37. The van der Waals surface area contributed by atoms with Gasteiger partial charge in [0, 0.05) is 20.6 Å². The Bertz CT molecular complexity index is 465. The smallest absolute Gasteiger partial charge is 0.0940 e. The van der Waals surface area contributed by atoms with Crippen LogP contribution in [0.4, 0.5) is 0 Å². The molecule has 1 N–H and O–H groups in total. The van der Waals surface area contributed by atoms with Crippen molar-refractivity contribution in [3.63, 3.8) is 0 Å². The van der Waals surface area contributed by atoms with Gasteiger partial charge in [0.25, 0.3) is 0 Å². The second-order valence-corrected chi connectivity index (χ2v) is 6.47. The average molecular weight is 315 g/mol. The Balaban J connectivity index is 2.19. The Labute approximate surface area is 132 Å². The number of aliphatic hydroxyl groups excluding tert-OH is 1. The number of methoxy groups -OCH3 is 1. The van der Waals surface area contributed by atoms with Gasteiger partial charge in [-0.3, -0.25) is 4.68 Å². The molecule has 5 heteroatoms. The second kappa shape index (κ2) is 7.12. The average Bonchev–Trinajstić information content (AvgIpc) is 2.69. The molecule has 0 amide bonds. The van der Waals surface area contributed by atoms with Gasteiger partial charge in [0.1, 0.15) is 0 Å². The molecule has 21 heavy (non-hydrogen) atoms. The molecule has 0 aromatic carbocycles. The van der Waals surface area contributed by atoms with Gasteiger partial charge in [0.15, 0.2) is 0 Å². The SMILES string of the molecule is CCc1nn(C)c(CC(O)C2(OC)CCCCCC2)c1Cl. The minimum Gasteiger partial charge on any atom is -0.390 e. The van der Waals surface area contributed by atoms with Crippen LogP contribution in [0, 0.1) is 0 Å². The maximum Gasteiger partial charge on any atom is 0.0940 e. The Morgan fingerprint density at radius 1 is 1.33 bits per heavy atom. The van der Waals surface area contributed by atoms with Gasteiger partial charge in [0.2, 0.25) is 0 Å². The molecule has 1 aliphatic rings. The summed E-state index contributed by atoms with van der Waals surface area (Å²) >= 11 is 6.40. The molecule has 0 aliphatic heterocycles. The number of hydrogen-bond acceptors (Lipinski definition) is 3. The highest BCUT2D eigenvalue weighted by Gasteiger charge is 2.39. The molecule has 120 valence electrons. The molecule has 0 spiro atoms. The Morgan fingerprint density at radius 3 is 2.43 bits per heavy atom. The summed E-state index contributed by atoms with van der Waals surface area (Å²) in [5, 5.41) is 15.9. The first-order chi connectivity index (χ1) is 10.0. The minimum atomic E-state index is -0.543. The monoisotopic (exact) mass is 314 g/mol. The molecule has 1 unspecified atom stereocenters. The molecule has 1 saturated carbocycles. The third-order valence-electron chi connectivity index (χ3n) is 4.85. The normalized spacial score (nSPS) is 20.2. The molecule has 1 heterocycles. The lowest BCUT2D eigenvalue weighted by atomic mass is 9.85. The third-order valence-corrected chi connectivity index (χ3v) is 5.29. The van der Waals surface area contributed by atoms with Gasteiger partial charge in [-0.2, -0.15) is 5.10 Å². The summed E-state index contributed by atoms with van der Waals surface area (Å²) in [4.78, 5) is 0. The van der Waals surface area contributed by atoms with E-state index in [1.807, 2.05) is 14.0 Å². The van der Waals surface area contributed by atoms with Crippen LogP contribution in [0.25, 0.3) is 0 Å². The van der Waals surface area contributed by atoms with Crippen LogP contribution in [0.2, 0.25) is 5.02 Å². The maximum absolute atomic E-state index is 10.8. The van der Waals surface area contributed by atoms with Crippen LogP contribution in [0.5, 0.6) is 0 Å². The zero-order chi connectivity index (χ0) is 15.5. The van der Waals surface area contributed by atoms with Gasteiger partial charge in [0.05, 0.1) is 28.1 Å². The van der Waals surface area contributed by atoms with Gasteiger partial charge in [-0.25, -0.2) is 0 Å². The van der Waals surface area contributed by atoms with Gasteiger partial charge in [-0.1, -0.05) is 44.2 Å². The van der Waals surface area contributed by atoms with E-state index in [0.29, 0.717) is 11.4 Å². The number of aromatic nitrogens is 2. The zero-order valence-electron chi connectivity index (χ0n) is 13.4. The number of aryl methyl sites for hydroxylation is 2. The number of ether oxygens (including phenoxy) is 1. The highest BCUT2D eigenvalue weighted by atomic mass is 35.5. The van der Waals surface area contributed by atoms with Crippen molar-refractivity contribution in [2.75, 3.05) is 7.11 Å². The number of rotatable bonds is 5. The van der Waals surface area contributed by atoms with Crippen LogP contribution in [0.3, 0.4) is 0 Å². The predicted molar refractivity (Wildman–Crippen MR) is 84.7 cm³/mol. The lowest BCUT2D eigenvalue weighted by Crippen LogP contribution is -2.45. The highest BCUT2D eigenvalue weighted by molar-refractivity contribution is 6.31. The molecule has 1 aromatic rings. The van der Waals surface area contributed by atoms with Crippen LogP contribution in [0.1, 0.15) is 56.8 Å². The van der Waals surface area contributed by atoms with Gasteiger partial charge in [-0.05, 0) is 19.3 Å². The number of hydrogen-bond donors (Lipinski definition) is 1. The molecule has 1 fully saturated rings. The Kier molecular flexibility index (Phi) is 5.69. The van der Waals surface area contributed by atoms with Crippen molar-refractivity contribution in [2.24, 2.45) is 7.05 Å². The number of aliphatic hydroxyl groups is 1. The van der Waals surface area contributed by atoms with E-state index in [4.69, 9.17) is 16.3 Å². The summed E-state index contributed by atoms with van der Waals surface area (Å²) in [6.45, 7) is 2.04. The van der Waals surface area contributed by atoms with Gasteiger partial charge < -0.3 is 9.84 Å². The fourth-order valence-electron chi connectivity index (χ4n) is 3.41. The maximum atomic E-state index is 10.8. The van der Waals surface area contributed by atoms with Crippen LogP contribution < -0.4 is 0 Å². The van der Waals surface area contributed by atoms with Crippen LogP contribution in [-0.2, 0) is 24.6 Å². The van der Waals surface area contributed by atoms with Crippen LogP contribution >= 0.6 is 11.6 Å². The fourth-order valence-corrected chi connectivity index (χ4v) is 3.78. The molecule has 0 bridgehead atoms. The first-order valence-electron chi connectivity index (χ1n) is 7.97. The Morgan fingerprint density at radius 2 is 1.95 bits per heavy atom. The van der Waals surface area contributed by atoms with E-state index in [9.17, 15) is 5.11 Å². The molecule has 1 atom stereocenters.